The molecule has 1 aromatic rings. The Balaban J connectivity index is 1.65. The molecule has 0 saturated carbocycles. The van der Waals surface area contributed by atoms with Crippen LogP contribution in [-0.2, 0) is 12.8 Å². The Morgan fingerprint density at radius 2 is 2.15 bits per heavy atom. The second-order valence-electron chi connectivity index (χ2n) is 5.38. The van der Waals surface area contributed by atoms with E-state index in [1.807, 2.05) is 0 Å². The molecule has 6 nitrogen and oxygen atoms in total. The summed E-state index contributed by atoms with van der Waals surface area (Å²) in [6, 6.07) is 2.05. The van der Waals surface area contributed by atoms with E-state index < -0.39 is 0 Å². The van der Waals surface area contributed by atoms with Crippen molar-refractivity contribution in [3.8, 4) is 0 Å². The third-order valence-corrected chi connectivity index (χ3v) is 3.74. The first-order valence-electron chi connectivity index (χ1n) is 7.05. The van der Waals surface area contributed by atoms with Gasteiger partial charge in [0.2, 0.25) is 0 Å². The maximum Gasteiger partial charge on any atom is 0.152 e. The highest BCUT2D eigenvalue weighted by atomic mass is 16.5. The number of aryl methyl sites for hydroxylation is 1. The van der Waals surface area contributed by atoms with Gasteiger partial charge in [0.1, 0.15) is 12.4 Å². The summed E-state index contributed by atoms with van der Waals surface area (Å²) in [5.41, 5.74) is 2.23. The minimum Gasteiger partial charge on any atom is -0.361 e. The molecule has 0 radical (unpaired) electrons. The Hall–Kier alpha value is -1.98. The number of hydrogen-bond donors (Lipinski definition) is 0. The zero-order chi connectivity index (χ0) is 14.1. The number of likely N-dealkylation sites (N-methyl/N-ethyl adjacent to an activating group) is 2. The Labute approximate surface area is 119 Å². The van der Waals surface area contributed by atoms with Crippen LogP contribution in [0, 0.1) is 0 Å². The van der Waals surface area contributed by atoms with Gasteiger partial charge in [-0.15, -0.1) is 0 Å². The number of hydrogen-bond acceptors (Lipinski definition) is 6. The largest absolute Gasteiger partial charge is 0.361 e. The van der Waals surface area contributed by atoms with E-state index in [0.29, 0.717) is 0 Å². The first-order chi connectivity index (χ1) is 9.67. The van der Waals surface area contributed by atoms with Crippen molar-refractivity contribution in [1.29, 1.82) is 0 Å². The molecule has 2 aliphatic heterocycles. The topological polar surface area (TPSA) is 48.1 Å². The fraction of sp³-hybridized carbons (Fsp3) is 0.571. The molecule has 0 aliphatic carbocycles. The van der Waals surface area contributed by atoms with Crippen molar-refractivity contribution in [3.05, 3.63) is 29.4 Å². The summed E-state index contributed by atoms with van der Waals surface area (Å²) in [6.45, 7) is 4.63. The molecule has 0 amide bonds. The van der Waals surface area contributed by atoms with Gasteiger partial charge in [0.05, 0.1) is 18.1 Å². The van der Waals surface area contributed by atoms with E-state index in [9.17, 15) is 0 Å². The highest BCUT2D eigenvalue weighted by Gasteiger charge is 2.27. The number of aromatic nitrogens is 1. The lowest BCUT2D eigenvalue weighted by molar-refractivity contribution is 0.255. The van der Waals surface area contributed by atoms with E-state index in [-0.39, 0.29) is 0 Å². The van der Waals surface area contributed by atoms with E-state index in [4.69, 9.17) is 4.52 Å². The molecule has 6 heteroatoms. The molecule has 0 saturated heterocycles. The lowest BCUT2D eigenvalue weighted by atomic mass is 10.2. The average molecular weight is 275 g/mol. The molecule has 20 heavy (non-hydrogen) atoms. The van der Waals surface area contributed by atoms with E-state index in [2.05, 4.69) is 58.1 Å². The van der Waals surface area contributed by atoms with Gasteiger partial charge in [0.15, 0.2) is 5.84 Å². The standard InChI is InChI=1S/C14H21N5O/c1-4-12-7-11(16-20-12)5-6-19-8-13-14(18(3)10-19)15-9-17(13)2/h7-8H,4-6,9-10H2,1-3H3. The van der Waals surface area contributed by atoms with Crippen LogP contribution in [0.15, 0.2) is 27.5 Å². The molecule has 0 atom stereocenters. The van der Waals surface area contributed by atoms with Crippen molar-refractivity contribution in [2.24, 2.45) is 4.99 Å². The summed E-state index contributed by atoms with van der Waals surface area (Å²) in [5.74, 6) is 2.05. The minimum atomic E-state index is 0.752. The maximum absolute atomic E-state index is 5.24. The number of amidine groups is 1. The second-order valence-corrected chi connectivity index (χ2v) is 5.38. The van der Waals surface area contributed by atoms with Gasteiger partial charge in [-0.2, -0.15) is 0 Å². The second kappa shape index (κ2) is 5.19. The predicted octanol–water partition coefficient (Wildman–Crippen LogP) is 1.13. The van der Waals surface area contributed by atoms with Crippen LogP contribution in [0.4, 0.5) is 0 Å². The molecule has 1 aromatic heterocycles. The monoisotopic (exact) mass is 275 g/mol. The molecule has 108 valence electrons. The van der Waals surface area contributed by atoms with Crippen LogP contribution in [0.5, 0.6) is 0 Å². The molecule has 0 spiro atoms. The van der Waals surface area contributed by atoms with Crippen molar-refractivity contribution < 1.29 is 4.52 Å². The van der Waals surface area contributed by atoms with E-state index in [0.717, 1.165) is 50.0 Å². The Kier molecular flexibility index (Phi) is 3.38. The maximum atomic E-state index is 5.24. The molecule has 3 heterocycles. The zero-order valence-electron chi connectivity index (χ0n) is 12.3. The molecule has 0 aromatic carbocycles. The quantitative estimate of drug-likeness (QED) is 0.824. The number of aliphatic imine (C=N–C) groups is 1. The van der Waals surface area contributed by atoms with Gasteiger partial charge in [-0.25, -0.2) is 4.99 Å². The Morgan fingerprint density at radius 3 is 2.90 bits per heavy atom. The summed E-state index contributed by atoms with van der Waals surface area (Å²) in [5, 5.41) is 4.10. The number of nitrogens with zero attached hydrogens (tertiary/aromatic N) is 5. The van der Waals surface area contributed by atoms with Crippen LogP contribution in [0.3, 0.4) is 0 Å². The molecular weight excluding hydrogens is 254 g/mol. The molecule has 3 rings (SSSR count). The summed E-state index contributed by atoms with van der Waals surface area (Å²) in [4.78, 5) is 11.2. The van der Waals surface area contributed by atoms with Crippen molar-refractivity contribution >= 4 is 5.84 Å². The summed E-state index contributed by atoms with van der Waals surface area (Å²) in [6.07, 6.45) is 4.00. The van der Waals surface area contributed by atoms with Gasteiger partial charge < -0.3 is 19.2 Å². The lowest BCUT2D eigenvalue weighted by Gasteiger charge is -2.34. The van der Waals surface area contributed by atoms with Crippen molar-refractivity contribution in [2.45, 2.75) is 19.8 Å². The van der Waals surface area contributed by atoms with Crippen LogP contribution in [0.1, 0.15) is 18.4 Å². The summed E-state index contributed by atoms with van der Waals surface area (Å²) >= 11 is 0. The highest BCUT2D eigenvalue weighted by molar-refractivity contribution is 5.99. The van der Waals surface area contributed by atoms with Gasteiger partial charge in [-0.05, 0) is 0 Å². The molecule has 0 N–H and O–H groups in total. The Morgan fingerprint density at radius 1 is 1.30 bits per heavy atom. The summed E-state index contributed by atoms with van der Waals surface area (Å²) in [7, 11) is 4.16. The van der Waals surface area contributed by atoms with Crippen LogP contribution < -0.4 is 0 Å². The minimum absolute atomic E-state index is 0.752. The molecule has 0 bridgehead atoms. The third kappa shape index (κ3) is 2.37. The molecule has 0 fully saturated rings. The van der Waals surface area contributed by atoms with E-state index in [1.54, 1.807) is 0 Å². The Bertz CT molecular complexity index is 548. The summed E-state index contributed by atoms with van der Waals surface area (Å²) < 4.78 is 5.24. The smallest absolute Gasteiger partial charge is 0.152 e. The average Bonchev–Trinajstić information content (AvgIpc) is 3.04. The number of rotatable bonds is 4. The van der Waals surface area contributed by atoms with Crippen LogP contribution in [0.25, 0.3) is 0 Å². The molecular formula is C14H21N5O. The van der Waals surface area contributed by atoms with Crippen molar-refractivity contribution in [1.82, 2.24) is 19.9 Å². The van der Waals surface area contributed by atoms with Crippen molar-refractivity contribution in [2.75, 3.05) is 34.0 Å². The van der Waals surface area contributed by atoms with Crippen LogP contribution in [0.2, 0.25) is 0 Å². The first-order valence-corrected chi connectivity index (χ1v) is 7.05. The SMILES string of the molecule is CCc1cc(CCN2C=C3C(=NCN3C)N(C)C2)no1. The van der Waals surface area contributed by atoms with E-state index >= 15 is 0 Å². The van der Waals surface area contributed by atoms with Crippen LogP contribution >= 0.6 is 0 Å². The predicted molar refractivity (Wildman–Crippen MR) is 77.1 cm³/mol. The fourth-order valence-corrected chi connectivity index (χ4v) is 2.56. The van der Waals surface area contributed by atoms with E-state index in [1.165, 1.54) is 5.70 Å². The van der Waals surface area contributed by atoms with Gasteiger partial charge >= 0.3 is 0 Å². The van der Waals surface area contributed by atoms with Gasteiger partial charge in [-0.1, -0.05) is 12.1 Å². The van der Waals surface area contributed by atoms with Gasteiger partial charge in [0, 0.05) is 45.7 Å². The zero-order valence-corrected chi connectivity index (χ0v) is 12.3. The fourth-order valence-electron chi connectivity index (χ4n) is 2.56. The molecule has 0 unspecified atom stereocenters. The normalized spacial score (nSPS) is 18.2. The third-order valence-electron chi connectivity index (χ3n) is 3.74. The number of fused-ring (bicyclic) bond motifs is 1. The lowest BCUT2D eigenvalue weighted by Crippen LogP contribution is -2.43. The van der Waals surface area contributed by atoms with Crippen molar-refractivity contribution in [3.63, 3.8) is 0 Å². The van der Waals surface area contributed by atoms with Gasteiger partial charge in [0.25, 0.3) is 0 Å². The first kappa shape index (κ1) is 13.0. The molecule has 2 aliphatic rings. The van der Waals surface area contributed by atoms with Crippen LogP contribution in [-0.4, -0.2) is 59.7 Å². The van der Waals surface area contributed by atoms with Gasteiger partial charge in [-0.3, -0.25) is 0 Å². The highest BCUT2D eigenvalue weighted by Crippen LogP contribution is 2.20.